The van der Waals surface area contributed by atoms with E-state index in [9.17, 15) is 22.8 Å². The first kappa shape index (κ1) is 20.1. The van der Waals surface area contributed by atoms with E-state index in [0.29, 0.717) is 16.9 Å². The number of carbonyl (C=O) groups excluding carboxylic acids is 1. The van der Waals surface area contributed by atoms with Crippen LogP contribution in [0.5, 0.6) is 0 Å². The smallest absolute Gasteiger partial charge is 0.322 e. The molecule has 4 rings (SSSR count). The van der Waals surface area contributed by atoms with Gasteiger partial charge in [-0.3, -0.25) is 14.3 Å². The molecule has 0 atom stereocenters. The van der Waals surface area contributed by atoms with Gasteiger partial charge < -0.3 is 5.32 Å². The fourth-order valence-electron chi connectivity index (χ4n) is 3.00. The van der Waals surface area contributed by atoms with Crippen molar-refractivity contribution in [3.8, 4) is 17.1 Å². The van der Waals surface area contributed by atoms with Gasteiger partial charge in [-0.05, 0) is 37.3 Å². The predicted molar refractivity (Wildman–Crippen MR) is 104 cm³/mol. The lowest BCUT2D eigenvalue weighted by atomic mass is 10.1. The van der Waals surface area contributed by atoms with Crippen LogP contribution in [0.3, 0.4) is 0 Å². The molecular formula is C20H14F3N5O3. The van der Waals surface area contributed by atoms with Gasteiger partial charge >= 0.3 is 11.9 Å². The van der Waals surface area contributed by atoms with Gasteiger partial charge in [0.2, 0.25) is 0 Å². The number of carbonyl (C=O) groups is 1. The number of rotatable bonds is 4. The third-order valence-corrected chi connectivity index (χ3v) is 4.51. The average Bonchev–Trinajstić information content (AvgIpc) is 3.33. The summed E-state index contributed by atoms with van der Waals surface area (Å²) in [5.74, 6) is -1.00. The van der Waals surface area contributed by atoms with Crippen LogP contribution in [0.15, 0.2) is 64.0 Å². The van der Waals surface area contributed by atoms with Crippen molar-refractivity contribution in [3.05, 3.63) is 82.1 Å². The van der Waals surface area contributed by atoms with E-state index in [1.807, 2.05) is 0 Å². The van der Waals surface area contributed by atoms with Crippen LogP contribution < -0.4 is 11.1 Å². The fraction of sp³-hybridized carbons (Fsp3) is 0.100. The van der Waals surface area contributed by atoms with E-state index in [-0.39, 0.29) is 17.1 Å². The number of hydrogen-bond donors (Lipinski definition) is 2. The van der Waals surface area contributed by atoms with Crippen molar-refractivity contribution in [1.29, 1.82) is 0 Å². The molecule has 0 fully saturated rings. The summed E-state index contributed by atoms with van der Waals surface area (Å²) < 4.78 is 44.7. The number of halogens is 3. The van der Waals surface area contributed by atoms with Gasteiger partial charge in [0.15, 0.2) is 5.82 Å². The SMILES string of the molecule is Cc1c(C(=O)Nc2cccc(-c3noc(=O)[nH]3)c2)cnn1-c1cccc(C(F)(F)F)c1. The zero-order valence-electron chi connectivity index (χ0n) is 15.9. The Kier molecular flexibility index (Phi) is 4.93. The van der Waals surface area contributed by atoms with Crippen LogP contribution in [-0.2, 0) is 6.18 Å². The molecule has 0 bridgehead atoms. The fourth-order valence-corrected chi connectivity index (χ4v) is 3.00. The highest BCUT2D eigenvalue weighted by atomic mass is 19.4. The lowest BCUT2D eigenvalue weighted by molar-refractivity contribution is -0.137. The third kappa shape index (κ3) is 4.10. The van der Waals surface area contributed by atoms with Crippen molar-refractivity contribution in [1.82, 2.24) is 19.9 Å². The number of alkyl halides is 3. The van der Waals surface area contributed by atoms with Crippen LogP contribution in [0.25, 0.3) is 17.1 Å². The second kappa shape index (κ2) is 7.59. The van der Waals surface area contributed by atoms with Crippen LogP contribution in [0.4, 0.5) is 18.9 Å². The number of nitrogens with one attached hydrogen (secondary N) is 2. The Morgan fingerprint density at radius 2 is 1.94 bits per heavy atom. The summed E-state index contributed by atoms with van der Waals surface area (Å²) in [5.41, 5.74) is 0.862. The van der Waals surface area contributed by atoms with Crippen LogP contribution in [-0.4, -0.2) is 25.8 Å². The van der Waals surface area contributed by atoms with Crippen molar-refractivity contribution in [2.75, 3.05) is 5.32 Å². The summed E-state index contributed by atoms with van der Waals surface area (Å²) in [4.78, 5) is 26.2. The molecule has 2 aromatic heterocycles. The average molecular weight is 429 g/mol. The van der Waals surface area contributed by atoms with E-state index < -0.39 is 23.4 Å². The molecule has 0 radical (unpaired) electrons. The Morgan fingerprint density at radius 3 is 2.65 bits per heavy atom. The number of aromatic amines is 1. The molecular weight excluding hydrogens is 415 g/mol. The van der Waals surface area contributed by atoms with Crippen molar-refractivity contribution in [2.24, 2.45) is 0 Å². The maximum absolute atomic E-state index is 13.0. The van der Waals surface area contributed by atoms with E-state index in [2.05, 4.69) is 25.1 Å². The molecule has 0 aliphatic rings. The van der Waals surface area contributed by atoms with E-state index in [1.54, 1.807) is 31.2 Å². The molecule has 8 nitrogen and oxygen atoms in total. The molecule has 4 aromatic rings. The molecule has 1 amide bonds. The maximum atomic E-state index is 13.0. The lowest BCUT2D eigenvalue weighted by Gasteiger charge is -2.10. The van der Waals surface area contributed by atoms with E-state index in [1.165, 1.54) is 23.0 Å². The third-order valence-electron chi connectivity index (χ3n) is 4.51. The quantitative estimate of drug-likeness (QED) is 0.513. The second-order valence-corrected chi connectivity index (χ2v) is 6.58. The number of H-pyrrole nitrogens is 1. The maximum Gasteiger partial charge on any atom is 0.439 e. The molecule has 0 saturated heterocycles. The number of benzene rings is 2. The minimum Gasteiger partial charge on any atom is -0.322 e. The molecule has 0 saturated carbocycles. The summed E-state index contributed by atoms with van der Waals surface area (Å²) in [6.45, 7) is 1.58. The van der Waals surface area contributed by atoms with Crippen molar-refractivity contribution >= 4 is 11.6 Å². The molecule has 2 aromatic carbocycles. The second-order valence-electron chi connectivity index (χ2n) is 6.58. The molecule has 2 N–H and O–H groups in total. The Balaban J connectivity index is 1.59. The molecule has 31 heavy (non-hydrogen) atoms. The van der Waals surface area contributed by atoms with Crippen molar-refractivity contribution < 1.29 is 22.5 Å². The van der Waals surface area contributed by atoms with E-state index in [0.717, 1.165) is 12.1 Å². The predicted octanol–water partition coefficient (Wildman–Crippen LogP) is 3.80. The zero-order chi connectivity index (χ0) is 22.2. The summed E-state index contributed by atoms with van der Waals surface area (Å²) in [6.07, 6.45) is -3.21. The monoisotopic (exact) mass is 429 g/mol. The van der Waals surface area contributed by atoms with E-state index >= 15 is 0 Å². The van der Waals surface area contributed by atoms with Gasteiger partial charge in [-0.2, -0.15) is 18.3 Å². The minimum absolute atomic E-state index is 0.184. The summed E-state index contributed by atoms with van der Waals surface area (Å²) in [7, 11) is 0. The minimum atomic E-state index is -4.49. The first-order valence-electron chi connectivity index (χ1n) is 8.92. The largest absolute Gasteiger partial charge is 0.439 e. The van der Waals surface area contributed by atoms with Gasteiger partial charge in [-0.25, -0.2) is 9.48 Å². The molecule has 11 heteroatoms. The molecule has 158 valence electrons. The number of amides is 1. The first-order chi connectivity index (χ1) is 14.7. The number of hydrogen-bond acceptors (Lipinski definition) is 5. The van der Waals surface area contributed by atoms with Crippen LogP contribution >= 0.6 is 0 Å². The van der Waals surface area contributed by atoms with Crippen molar-refractivity contribution in [3.63, 3.8) is 0 Å². The summed E-state index contributed by atoms with van der Waals surface area (Å²) in [6, 6.07) is 11.2. The van der Waals surface area contributed by atoms with Gasteiger partial charge in [-0.15, -0.1) is 0 Å². The Hall–Kier alpha value is -4.15. The molecule has 0 spiro atoms. The summed E-state index contributed by atoms with van der Waals surface area (Å²) in [5, 5.41) is 10.4. The van der Waals surface area contributed by atoms with Gasteiger partial charge in [-0.1, -0.05) is 23.4 Å². The van der Waals surface area contributed by atoms with Crippen LogP contribution in [0.2, 0.25) is 0 Å². The lowest BCUT2D eigenvalue weighted by Crippen LogP contribution is -2.13. The molecule has 0 aliphatic carbocycles. The normalized spacial score (nSPS) is 11.5. The Bertz CT molecular complexity index is 1320. The van der Waals surface area contributed by atoms with Crippen LogP contribution in [0.1, 0.15) is 21.6 Å². The Labute approximate surface area is 172 Å². The van der Waals surface area contributed by atoms with Gasteiger partial charge in [0.1, 0.15) is 0 Å². The molecule has 0 aliphatic heterocycles. The molecule has 0 unspecified atom stereocenters. The number of anilines is 1. The summed E-state index contributed by atoms with van der Waals surface area (Å²) >= 11 is 0. The van der Waals surface area contributed by atoms with Gasteiger partial charge in [0, 0.05) is 11.3 Å². The van der Waals surface area contributed by atoms with Crippen LogP contribution in [0, 0.1) is 6.92 Å². The standard InChI is InChI=1S/C20H14F3N5O3/c1-11-16(10-24-28(11)15-7-3-5-13(9-15)20(21,22)23)18(29)25-14-6-2-4-12(8-14)17-26-19(30)31-27-17/h2-10H,1H3,(H,25,29)(H,26,27,30). The number of aromatic nitrogens is 4. The highest BCUT2D eigenvalue weighted by Gasteiger charge is 2.30. The van der Waals surface area contributed by atoms with Crippen molar-refractivity contribution in [2.45, 2.75) is 13.1 Å². The highest BCUT2D eigenvalue weighted by molar-refractivity contribution is 6.05. The number of nitrogens with zero attached hydrogens (tertiary/aromatic N) is 3. The van der Waals surface area contributed by atoms with Gasteiger partial charge in [0.25, 0.3) is 5.91 Å². The van der Waals surface area contributed by atoms with E-state index in [4.69, 9.17) is 0 Å². The zero-order valence-corrected chi connectivity index (χ0v) is 15.9. The van der Waals surface area contributed by atoms with Gasteiger partial charge in [0.05, 0.1) is 28.7 Å². The molecule has 2 heterocycles. The Morgan fingerprint density at radius 1 is 1.16 bits per heavy atom. The first-order valence-corrected chi connectivity index (χ1v) is 8.92. The highest BCUT2D eigenvalue weighted by Crippen LogP contribution is 2.30. The topological polar surface area (TPSA) is 106 Å².